The van der Waals surface area contributed by atoms with E-state index in [4.69, 9.17) is 0 Å². The first-order chi connectivity index (χ1) is 8.97. The molecule has 0 aliphatic heterocycles. The Morgan fingerprint density at radius 1 is 0.556 bits per heavy atom. The first-order valence-electron chi connectivity index (χ1n) is 5.45. The van der Waals surface area contributed by atoms with Crippen LogP contribution in [0.2, 0.25) is 0 Å². The molecule has 2 heterocycles. The maximum atomic E-state index is 4.28. The molecule has 0 amide bonds. The minimum atomic E-state index is 1.08. The van der Waals surface area contributed by atoms with Crippen LogP contribution in [0.15, 0.2) is 73.1 Å². The monoisotopic (exact) mass is 272 g/mol. The molecule has 2 aromatic rings. The van der Waals surface area contributed by atoms with Crippen molar-refractivity contribution in [3.8, 4) is 9.75 Å². The van der Waals surface area contributed by atoms with E-state index in [0.717, 1.165) is 9.75 Å². The van der Waals surface area contributed by atoms with E-state index in [1.165, 1.54) is 23.1 Å². The molecule has 0 aliphatic rings. The summed E-state index contributed by atoms with van der Waals surface area (Å²) in [5, 5.41) is 0. The van der Waals surface area contributed by atoms with Crippen molar-refractivity contribution in [1.29, 1.82) is 0 Å². The Balaban J connectivity index is 2.56. The van der Waals surface area contributed by atoms with Gasteiger partial charge in [-0.2, -0.15) is 0 Å². The summed E-state index contributed by atoms with van der Waals surface area (Å²) in [5.74, 6) is 0. The lowest BCUT2D eigenvalue weighted by molar-refractivity contribution is 1.54. The van der Waals surface area contributed by atoms with Crippen LogP contribution in [0.25, 0.3) is 9.75 Å². The fourth-order valence-corrected chi connectivity index (χ4v) is 2.51. The van der Waals surface area contributed by atoms with Crippen LogP contribution in [0.3, 0.4) is 0 Å². The molecule has 0 radical (unpaired) electrons. The highest BCUT2D eigenvalue weighted by molar-refractivity contribution is 7.16. The Morgan fingerprint density at radius 3 is 1.50 bits per heavy atom. The van der Waals surface area contributed by atoms with Crippen molar-refractivity contribution in [2.75, 3.05) is 0 Å². The molecule has 0 bridgehead atoms. The van der Waals surface area contributed by atoms with Gasteiger partial charge in [-0.15, -0.1) is 0 Å². The summed E-state index contributed by atoms with van der Waals surface area (Å²) in [5.41, 5.74) is 0. The molecule has 0 atom stereocenters. The lowest BCUT2D eigenvalue weighted by Gasteiger charge is -1.90. The van der Waals surface area contributed by atoms with Crippen LogP contribution >= 0.6 is 23.1 Å². The van der Waals surface area contributed by atoms with Crippen LogP contribution in [-0.4, -0.2) is 8.75 Å². The van der Waals surface area contributed by atoms with E-state index in [2.05, 4.69) is 8.75 Å². The fraction of sp³-hybridized carbons (Fsp3) is 0. The minimum absolute atomic E-state index is 1.08. The Labute approximate surface area is 115 Å². The summed E-state index contributed by atoms with van der Waals surface area (Å²) in [7, 11) is 0. The molecule has 0 saturated heterocycles. The maximum Gasteiger partial charge on any atom is 0.0649 e. The summed E-state index contributed by atoms with van der Waals surface area (Å²) >= 11 is 2.90. The van der Waals surface area contributed by atoms with Gasteiger partial charge in [0, 0.05) is 12.4 Å². The van der Waals surface area contributed by atoms with Crippen LogP contribution < -0.4 is 0 Å². The largest absolute Gasteiger partial charge is 0.201 e. The van der Waals surface area contributed by atoms with Crippen LogP contribution in [0.1, 0.15) is 0 Å². The third-order valence-corrected chi connectivity index (χ3v) is 3.69. The van der Waals surface area contributed by atoms with Gasteiger partial charge in [-0.25, -0.2) is 8.75 Å². The van der Waals surface area contributed by atoms with Crippen LogP contribution in [0.4, 0.5) is 0 Å². The van der Waals surface area contributed by atoms with E-state index < -0.39 is 0 Å². The Morgan fingerprint density at radius 2 is 1.00 bits per heavy atom. The second-order valence-electron chi connectivity index (χ2n) is 3.29. The van der Waals surface area contributed by atoms with Crippen LogP contribution in [0, 0.1) is 0 Å². The molecule has 2 rings (SSSR count). The molecular formula is C14H12N2S2. The predicted molar refractivity (Wildman–Crippen MR) is 78.5 cm³/mol. The molecule has 0 aromatic carbocycles. The summed E-state index contributed by atoms with van der Waals surface area (Å²) in [4.78, 5) is 2.17. The predicted octanol–water partition coefficient (Wildman–Crippen LogP) is 4.52. The van der Waals surface area contributed by atoms with Gasteiger partial charge in [0.1, 0.15) is 0 Å². The second kappa shape index (κ2) is 7.53. The van der Waals surface area contributed by atoms with Crippen molar-refractivity contribution < 1.29 is 0 Å². The third-order valence-electron chi connectivity index (χ3n) is 2.00. The van der Waals surface area contributed by atoms with Crippen LogP contribution in [-0.2, 0) is 0 Å². The van der Waals surface area contributed by atoms with Gasteiger partial charge >= 0.3 is 0 Å². The number of hydrogen-bond acceptors (Lipinski definition) is 4. The molecule has 0 unspecified atom stereocenters. The normalized spacial score (nSPS) is 9.11. The summed E-state index contributed by atoms with van der Waals surface area (Å²) in [6.45, 7) is 0. The van der Waals surface area contributed by atoms with E-state index in [0.29, 0.717) is 0 Å². The summed E-state index contributed by atoms with van der Waals surface area (Å²) in [6, 6.07) is 19.8. The number of nitrogens with zero attached hydrogens (tertiary/aromatic N) is 2. The van der Waals surface area contributed by atoms with E-state index in [1.807, 2.05) is 60.7 Å². The highest BCUT2D eigenvalue weighted by Gasteiger charge is 1.94. The van der Waals surface area contributed by atoms with Gasteiger partial charge in [0.2, 0.25) is 0 Å². The van der Waals surface area contributed by atoms with E-state index in [9.17, 15) is 0 Å². The summed E-state index contributed by atoms with van der Waals surface area (Å²) in [6.07, 6.45) is 3.57. The Hall–Kier alpha value is -1.78. The second-order valence-corrected chi connectivity index (χ2v) is 4.96. The fourth-order valence-electron chi connectivity index (χ4n) is 1.20. The van der Waals surface area contributed by atoms with Crippen molar-refractivity contribution in [3.05, 3.63) is 73.1 Å². The SMILES string of the molecule is c1cccc(-c2ccccccns2)sncc1. The average molecular weight is 272 g/mol. The topological polar surface area (TPSA) is 25.8 Å². The zero-order valence-corrected chi connectivity index (χ0v) is 11.3. The smallest absolute Gasteiger partial charge is 0.0649 e. The molecule has 0 N–H and O–H groups in total. The first kappa shape index (κ1) is 12.7. The molecule has 2 aromatic heterocycles. The zero-order chi connectivity index (χ0) is 12.5. The lowest BCUT2D eigenvalue weighted by Crippen LogP contribution is -1.66. The molecule has 4 heteroatoms. The van der Waals surface area contributed by atoms with Crippen molar-refractivity contribution in [1.82, 2.24) is 8.75 Å². The maximum absolute atomic E-state index is 4.28. The van der Waals surface area contributed by atoms with E-state index >= 15 is 0 Å². The third kappa shape index (κ3) is 4.24. The molecule has 90 valence electrons. The van der Waals surface area contributed by atoms with Crippen LogP contribution in [0.5, 0.6) is 0 Å². The highest BCUT2D eigenvalue weighted by Crippen LogP contribution is 2.21. The van der Waals surface area contributed by atoms with E-state index in [-0.39, 0.29) is 0 Å². The van der Waals surface area contributed by atoms with Crippen molar-refractivity contribution in [2.45, 2.75) is 0 Å². The minimum Gasteiger partial charge on any atom is -0.201 e. The number of aromatic nitrogens is 2. The lowest BCUT2D eigenvalue weighted by atomic mass is 10.3. The molecule has 0 fully saturated rings. The van der Waals surface area contributed by atoms with Gasteiger partial charge in [-0.05, 0) is 47.3 Å². The van der Waals surface area contributed by atoms with Crippen molar-refractivity contribution >= 4 is 23.1 Å². The zero-order valence-electron chi connectivity index (χ0n) is 9.64. The van der Waals surface area contributed by atoms with Crippen molar-refractivity contribution in [2.24, 2.45) is 0 Å². The Kier molecular flexibility index (Phi) is 5.30. The van der Waals surface area contributed by atoms with Gasteiger partial charge in [-0.1, -0.05) is 36.4 Å². The summed E-state index contributed by atoms with van der Waals surface area (Å²) < 4.78 is 8.55. The quantitative estimate of drug-likeness (QED) is 0.763. The molecule has 2 nitrogen and oxygen atoms in total. The molecule has 0 saturated carbocycles. The average Bonchev–Trinajstić information content (AvgIpc) is 2.61. The van der Waals surface area contributed by atoms with Gasteiger partial charge in [0.25, 0.3) is 0 Å². The number of rotatable bonds is 1. The molecule has 0 spiro atoms. The molecule has 0 aliphatic carbocycles. The molecular weight excluding hydrogens is 260 g/mol. The van der Waals surface area contributed by atoms with Gasteiger partial charge < -0.3 is 0 Å². The van der Waals surface area contributed by atoms with Gasteiger partial charge in [-0.3, -0.25) is 0 Å². The highest BCUT2D eigenvalue weighted by atomic mass is 32.1. The van der Waals surface area contributed by atoms with Crippen molar-refractivity contribution in [3.63, 3.8) is 0 Å². The first-order valence-corrected chi connectivity index (χ1v) is 7.00. The Bertz CT molecular complexity index is 486. The number of hydrogen-bond donors (Lipinski definition) is 0. The van der Waals surface area contributed by atoms with Gasteiger partial charge in [0.15, 0.2) is 0 Å². The standard InChI is InChI=1S/C14H12N2S2/c1-3-7-11-15-17-13(9-5-1)14-10-6-2-4-8-12-16-18-14/h1-12H. The van der Waals surface area contributed by atoms with E-state index in [1.54, 1.807) is 12.4 Å². The van der Waals surface area contributed by atoms with Gasteiger partial charge in [0.05, 0.1) is 9.75 Å². The molecule has 18 heavy (non-hydrogen) atoms.